The second-order valence-electron chi connectivity index (χ2n) is 8.26. The second kappa shape index (κ2) is 10.8. The zero-order valence-electron chi connectivity index (χ0n) is 18.9. The van der Waals surface area contributed by atoms with Crippen LogP contribution < -0.4 is 10.6 Å². The highest BCUT2D eigenvalue weighted by molar-refractivity contribution is 5.94. The molecule has 0 radical (unpaired) electrons. The number of rotatable bonds is 9. The number of amides is 2. The average molecular weight is 475 g/mol. The molecule has 3 aromatic carbocycles. The van der Waals surface area contributed by atoms with Crippen LogP contribution in [0.3, 0.4) is 0 Å². The Hall–Kier alpha value is -4.17. The zero-order valence-corrected chi connectivity index (χ0v) is 18.9. The van der Waals surface area contributed by atoms with Gasteiger partial charge in [-0.15, -0.1) is 0 Å². The predicted octanol–water partition coefficient (Wildman–Crippen LogP) is 2.94. The summed E-state index contributed by atoms with van der Waals surface area (Å²) in [6.45, 7) is 0.243. The van der Waals surface area contributed by atoms with Gasteiger partial charge in [-0.3, -0.25) is 4.79 Å². The molecule has 0 saturated heterocycles. The van der Waals surface area contributed by atoms with Gasteiger partial charge in [0.15, 0.2) is 6.10 Å². The molecule has 3 aromatic rings. The molecule has 0 unspecified atom stereocenters. The van der Waals surface area contributed by atoms with Gasteiger partial charge >= 0.3 is 12.1 Å². The van der Waals surface area contributed by atoms with E-state index in [2.05, 4.69) is 34.9 Å². The highest BCUT2D eigenvalue weighted by atomic mass is 16.5. The van der Waals surface area contributed by atoms with Gasteiger partial charge in [0.1, 0.15) is 6.61 Å². The molecule has 8 heteroatoms. The molecule has 0 fully saturated rings. The van der Waals surface area contributed by atoms with Crippen LogP contribution in [-0.4, -0.2) is 54.0 Å². The van der Waals surface area contributed by atoms with Gasteiger partial charge in [-0.1, -0.05) is 60.7 Å². The molecule has 8 nitrogen and oxygen atoms in total. The molecule has 180 valence electrons. The van der Waals surface area contributed by atoms with Crippen LogP contribution in [0.2, 0.25) is 0 Å². The largest absolute Gasteiger partial charge is 0.479 e. The molecule has 0 aromatic heterocycles. The molecule has 2 amide bonds. The average Bonchev–Trinajstić information content (AvgIpc) is 3.20. The van der Waals surface area contributed by atoms with Crippen molar-refractivity contribution in [3.8, 4) is 11.1 Å². The first kappa shape index (κ1) is 24.0. The third-order valence-corrected chi connectivity index (χ3v) is 5.98. The number of hydrogen-bond donors (Lipinski definition) is 4. The molecule has 1 aliphatic rings. The maximum atomic E-state index is 12.3. The summed E-state index contributed by atoms with van der Waals surface area (Å²) in [5, 5.41) is 23.0. The number of aliphatic hydroxyl groups is 1. The normalized spacial score (nSPS) is 12.8. The maximum absolute atomic E-state index is 12.3. The topological polar surface area (TPSA) is 125 Å². The van der Waals surface area contributed by atoms with Crippen LogP contribution in [0.5, 0.6) is 0 Å². The fraction of sp³-hybridized carbons (Fsp3) is 0.222. The lowest BCUT2D eigenvalue weighted by molar-refractivity contribution is -0.146. The molecule has 1 aliphatic carbocycles. The van der Waals surface area contributed by atoms with Crippen LogP contribution in [0, 0.1) is 0 Å². The van der Waals surface area contributed by atoms with E-state index in [0.29, 0.717) is 18.5 Å². The molecule has 0 saturated carbocycles. The Bertz CT molecular complexity index is 1180. The minimum Gasteiger partial charge on any atom is -0.479 e. The second-order valence-corrected chi connectivity index (χ2v) is 8.26. The SMILES string of the molecule is O=C(NCCc1ccc(C(=O)NC[C@H](O)C(=O)O)cc1)OCC1c2ccccc2-c2ccccc21. The Labute approximate surface area is 202 Å². The minimum absolute atomic E-state index is 0.00320. The van der Waals surface area contributed by atoms with Crippen molar-refractivity contribution in [3.63, 3.8) is 0 Å². The third kappa shape index (κ3) is 5.67. The highest BCUT2D eigenvalue weighted by Crippen LogP contribution is 2.44. The standard InChI is InChI=1S/C27H26N2O6/c30-24(26(32)33)15-29-25(31)18-11-9-17(10-12-18)13-14-28-27(34)35-16-23-21-7-3-1-5-19(21)20-6-2-4-8-22(20)23/h1-12,23-24,30H,13-16H2,(H,28,34)(H,29,31)(H,32,33)/t24-/m0/s1. The minimum atomic E-state index is -1.65. The van der Waals surface area contributed by atoms with Crippen molar-refractivity contribution < 1.29 is 29.3 Å². The number of hydrogen-bond acceptors (Lipinski definition) is 5. The van der Waals surface area contributed by atoms with Gasteiger partial charge in [0, 0.05) is 18.0 Å². The first-order chi connectivity index (χ1) is 16.9. The number of carbonyl (C=O) groups is 3. The Kier molecular flexibility index (Phi) is 7.42. The van der Waals surface area contributed by atoms with Crippen LogP contribution >= 0.6 is 0 Å². The van der Waals surface area contributed by atoms with E-state index in [1.165, 1.54) is 11.1 Å². The lowest BCUT2D eigenvalue weighted by Crippen LogP contribution is -2.36. The quantitative estimate of drug-likeness (QED) is 0.378. The van der Waals surface area contributed by atoms with E-state index in [1.54, 1.807) is 24.3 Å². The molecule has 4 rings (SSSR count). The van der Waals surface area contributed by atoms with Crippen LogP contribution in [0.4, 0.5) is 4.79 Å². The fourth-order valence-corrected chi connectivity index (χ4v) is 4.16. The zero-order chi connectivity index (χ0) is 24.8. The number of carbonyl (C=O) groups excluding carboxylic acids is 2. The Morgan fingerprint density at radius 2 is 1.46 bits per heavy atom. The van der Waals surface area contributed by atoms with Crippen LogP contribution in [0.25, 0.3) is 11.1 Å². The van der Waals surface area contributed by atoms with Gasteiger partial charge in [-0.2, -0.15) is 0 Å². The summed E-state index contributed by atoms with van der Waals surface area (Å²) >= 11 is 0. The van der Waals surface area contributed by atoms with E-state index in [9.17, 15) is 19.5 Å². The van der Waals surface area contributed by atoms with Gasteiger partial charge in [-0.05, 0) is 46.4 Å². The monoisotopic (exact) mass is 474 g/mol. The summed E-state index contributed by atoms with van der Waals surface area (Å²) in [7, 11) is 0. The summed E-state index contributed by atoms with van der Waals surface area (Å²) in [5.74, 6) is -1.87. The summed E-state index contributed by atoms with van der Waals surface area (Å²) in [6.07, 6.45) is -1.59. The van der Waals surface area contributed by atoms with Gasteiger partial charge in [0.05, 0.1) is 6.54 Å². The first-order valence-corrected chi connectivity index (χ1v) is 11.3. The van der Waals surface area contributed by atoms with E-state index in [0.717, 1.165) is 16.7 Å². The summed E-state index contributed by atoms with van der Waals surface area (Å²) in [4.78, 5) is 34.9. The van der Waals surface area contributed by atoms with E-state index >= 15 is 0 Å². The number of ether oxygens (including phenoxy) is 1. The number of aliphatic carboxylic acids is 1. The lowest BCUT2D eigenvalue weighted by Gasteiger charge is -2.14. The first-order valence-electron chi connectivity index (χ1n) is 11.3. The smallest absolute Gasteiger partial charge is 0.407 e. The van der Waals surface area contributed by atoms with Crippen molar-refractivity contribution >= 4 is 18.0 Å². The van der Waals surface area contributed by atoms with E-state index in [4.69, 9.17) is 9.84 Å². The van der Waals surface area contributed by atoms with Crippen molar-refractivity contribution in [2.45, 2.75) is 18.4 Å². The molecule has 0 bridgehead atoms. The van der Waals surface area contributed by atoms with E-state index < -0.39 is 24.1 Å². The number of nitrogens with one attached hydrogen (secondary N) is 2. The lowest BCUT2D eigenvalue weighted by atomic mass is 9.98. The summed E-state index contributed by atoms with van der Waals surface area (Å²) in [5.41, 5.74) is 5.91. The molecule has 0 heterocycles. The number of carboxylic acids is 1. The molecule has 4 N–H and O–H groups in total. The van der Waals surface area contributed by atoms with E-state index in [1.807, 2.05) is 24.3 Å². The fourth-order valence-electron chi connectivity index (χ4n) is 4.16. The molecule has 0 spiro atoms. The molecule has 0 aliphatic heterocycles. The van der Waals surface area contributed by atoms with E-state index in [-0.39, 0.29) is 19.1 Å². The van der Waals surface area contributed by atoms with Crippen molar-refractivity contribution in [2.24, 2.45) is 0 Å². The number of benzene rings is 3. The van der Waals surface area contributed by atoms with Crippen LogP contribution in [0.1, 0.15) is 33.0 Å². The highest BCUT2D eigenvalue weighted by Gasteiger charge is 2.28. The molecule has 35 heavy (non-hydrogen) atoms. The van der Waals surface area contributed by atoms with Crippen molar-refractivity contribution in [3.05, 3.63) is 95.1 Å². The van der Waals surface area contributed by atoms with Gasteiger partial charge in [0.25, 0.3) is 5.91 Å². The van der Waals surface area contributed by atoms with Gasteiger partial charge in [-0.25, -0.2) is 9.59 Å². The molecular formula is C27H26N2O6. The summed E-state index contributed by atoms with van der Waals surface area (Å²) < 4.78 is 5.53. The van der Waals surface area contributed by atoms with Crippen LogP contribution in [0.15, 0.2) is 72.8 Å². The third-order valence-electron chi connectivity index (χ3n) is 5.98. The van der Waals surface area contributed by atoms with Gasteiger partial charge < -0.3 is 25.6 Å². The summed E-state index contributed by atoms with van der Waals surface area (Å²) in [6, 6.07) is 23.0. The van der Waals surface area contributed by atoms with Gasteiger partial charge in [0.2, 0.25) is 0 Å². The van der Waals surface area contributed by atoms with Crippen molar-refractivity contribution in [1.82, 2.24) is 10.6 Å². The number of fused-ring (bicyclic) bond motifs is 3. The Morgan fingerprint density at radius 1 is 0.857 bits per heavy atom. The number of aliphatic hydroxyl groups excluding tert-OH is 1. The van der Waals surface area contributed by atoms with Crippen molar-refractivity contribution in [2.75, 3.05) is 19.7 Å². The van der Waals surface area contributed by atoms with Crippen LogP contribution in [-0.2, 0) is 16.0 Å². The Morgan fingerprint density at radius 3 is 2.06 bits per heavy atom. The maximum Gasteiger partial charge on any atom is 0.407 e. The number of carboxylic acid groups (broad SMARTS) is 1. The molecular weight excluding hydrogens is 448 g/mol. The Balaban J connectivity index is 1.23. The van der Waals surface area contributed by atoms with Crippen molar-refractivity contribution in [1.29, 1.82) is 0 Å². The molecule has 1 atom stereocenters. The number of alkyl carbamates (subject to hydrolysis) is 1. The predicted molar refractivity (Wildman–Crippen MR) is 129 cm³/mol.